The van der Waals surface area contributed by atoms with E-state index in [1.54, 1.807) is 29.8 Å². The molecule has 0 amide bonds. The third-order valence-corrected chi connectivity index (χ3v) is 5.32. The predicted molar refractivity (Wildman–Crippen MR) is 99.1 cm³/mol. The number of aromatic nitrogens is 4. The minimum absolute atomic E-state index is 0.105. The highest BCUT2D eigenvalue weighted by atomic mass is 32.2. The van der Waals surface area contributed by atoms with E-state index >= 15 is 0 Å². The molecule has 3 aromatic rings. The Hall–Kier alpha value is -3.01. The second-order valence-corrected chi connectivity index (χ2v) is 6.96. The highest BCUT2D eigenvalue weighted by Gasteiger charge is 2.18. The number of ketones is 1. The first-order valence-electron chi connectivity index (χ1n) is 8.17. The maximum Gasteiger partial charge on any atom is 0.329 e. The summed E-state index contributed by atoms with van der Waals surface area (Å²) in [5, 5.41) is 0.475. The fourth-order valence-electron chi connectivity index (χ4n) is 2.85. The molecule has 0 saturated heterocycles. The fraction of sp³-hybridized carbons (Fsp3) is 0.294. The number of aryl methyl sites for hydroxylation is 2. The van der Waals surface area contributed by atoms with E-state index in [-0.39, 0.29) is 22.7 Å². The molecule has 0 atom stereocenters. The Morgan fingerprint density at radius 1 is 1.19 bits per heavy atom. The Kier molecular flexibility index (Phi) is 4.27. The van der Waals surface area contributed by atoms with E-state index in [0.29, 0.717) is 35.4 Å². The van der Waals surface area contributed by atoms with Crippen LogP contribution in [0.3, 0.4) is 0 Å². The largest absolute Gasteiger partial charge is 0.486 e. The molecule has 0 bridgehead atoms. The van der Waals surface area contributed by atoms with Crippen molar-refractivity contribution in [3.8, 4) is 11.5 Å². The number of rotatable bonds is 4. The second kappa shape index (κ2) is 6.62. The van der Waals surface area contributed by atoms with Crippen molar-refractivity contribution < 1.29 is 14.3 Å². The number of hydrogen-bond donors (Lipinski definition) is 1. The van der Waals surface area contributed by atoms with Crippen LogP contribution in [0.5, 0.6) is 11.5 Å². The number of thioether (sulfide) groups is 1. The van der Waals surface area contributed by atoms with Crippen LogP contribution >= 0.6 is 11.8 Å². The van der Waals surface area contributed by atoms with Gasteiger partial charge in [-0.15, -0.1) is 0 Å². The molecular formula is C17H16N4O5S. The van der Waals surface area contributed by atoms with Gasteiger partial charge in [0.2, 0.25) is 0 Å². The molecule has 0 spiro atoms. The maximum absolute atomic E-state index is 12.5. The van der Waals surface area contributed by atoms with Gasteiger partial charge in [-0.25, -0.2) is 9.78 Å². The van der Waals surface area contributed by atoms with Crippen molar-refractivity contribution in [3.63, 3.8) is 0 Å². The topological polar surface area (TPSA) is 108 Å². The Bertz CT molecular complexity index is 1180. The van der Waals surface area contributed by atoms with Gasteiger partial charge in [-0.1, -0.05) is 11.8 Å². The lowest BCUT2D eigenvalue weighted by Gasteiger charge is -2.18. The molecule has 3 heterocycles. The van der Waals surface area contributed by atoms with Crippen LogP contribution in [0, 0.1) is 0 Å². The molecule has 0 radical (unpaired) electrons. The molecule has 2 aromatic heterocycles. The number of fused-ring (bicyclic) bond motifs is 2. The van der Waals surface area contributed by atoms with Crippen molar-refractivity contribution in [2.24, 2.45) is 14.1 Å². The van der Waals surface area contributed by atoms with Crippen molar-refractivity contribution in [2.75, 3.05) is 19.0 Å². The summed E-state index contributed by atoms with van der Waals surface area (Å²) in [4.78, 5) is 42.9. The molecule has 27 heavy (non-hydrogen) atoms. The number of nitrogens with one attached hydrogen (secondary N) is 1. The van der Waals surface area contributed by atoms with Crippen molar-refractivity contribution in [1.82, 2.24) is 19.1 Å². The molecule has 0 fully saturated rings. The van der Waals surface area contributed by atoms with Crippen LogP contribution in [0.25, 0.3) is 11.2 Å². The van der Waals surface area contributed by atoms with Crippen LogP contribution in [0.15, 0.2) is 32.9 Å². The van der Waals surface area contributed by atoms with Gasteiger partial charge in [0.1, 0.15) is 13.2 Å². The Morgan fingerprint density at radius 3 is 2.70 bits per heavy atom. The third kappa shape index (κ3) is 3.01. The van der Waals surface area contributed by atoms with Gasteiger partial charge >= 0.3 is 5.69 Å². The van der Waals surface area contributed by atoms with Gasteiger partial charge < -0.3 is 14.0 Å². The van der Waals surface area contributed by atoms with Crippen LogP contribution in [-0.4, -0.2) is 43.9 Å². The molecule has 1 aliphatic rings. The molecule has 1 N–H and O–H groups in total. The van der Waals surface area contributed by atoms with Crippen LogP contribution in [0.2, 0.25) is 0 Å². The van der Waals surface area contributed by atoms with Gasteiger partial charge in [-0.05, 0) is 18.2 Å². The molecule has 4 rings (SSSR count). The first kappa shape index (κ1) is 17.4. The number of imidazole rings is 1. The number of H-pyrrole nitrogens is 1. The van der Waals surface area contributed by atoms with Gasteiger partial charge in [-0.2, -0.15) is 0 Å². The standard InChI is InChI=1S/C17H16N4O5S/c1-20-13-14(21(2)16(24)19-15(13)23)18-17(20)27-8-10(22)9-3-4-11-12(7-9)26-6-5-25-11/h3-4,7H,5-6,8H2,1-2H3,(H,19,23,24). The lowest BCUT2D eigenvalue weighted by molar-refractivity contribution is 0.102. The summed E-state index contributed by atoms with van der Waals surface area (Å²) in [6, 6.07) is 5.08. The molecular weight excluding hydrogens is 372 g/mol. The van der Waals surface area contributed by atoms with Crippen LogP contribution in [-0.2, 0) is 14.1 Å². The van der Waals surface area contributed by atoms with E-state index in [9.17, 15) is 14.4 Å². The van der Waals surface area contributed by atoms with Crippen molar-refractivity contribution in [3.05, 3.63) is 44.6 Å². The van der Waals surface area contributed by atoms with Crippen molar-refractivity contribution in [2.45, 2.75) is 5.16 Å². The zero-order valence-corrected chi connectivity index (χ0v) is 15.5. The highest BCUT2D eigenvalue weighted by molar-refractivity contribution is 7.99. The summed E-state index contributed by atoms with van der Waals surface area (Å²) in [6.07, 6.45) is 0. The first-order chi connectivity index (χ1) is 13.0. The molecule has 9 nitrogen and oxygen atoms in total. The first-order valence-corrected chi connectivity index (χ1v) is 9.15. The molecule has 0 aliphatic carbocycles. The second-order valence-electron chi connectivity index (χ2n) is 6.01. The minimum Gasteiger partial charge on any atom is -0.486 e. The number of aromatic amines is 1. The number of hydrogen-bond acceptors (Lipinski definition) is 7. The number of carbonyl (C=O) groups excluding carboxylic acids is 1. The summed E-state index contributed by atoms with van der Waals surface area (Å²) < 4.78 is 13.8. The molecule has 0 saturated carbocycles. The summed E-state index contributed by atoms with van der Waals surface area (Å²) in [5.74, 6) is 1.21. The molecule has 1 aromatic carbocycles. The summed E-state index contributed by atoms with van der Waals surface area (Å²) in [5.41, 5.74) is 0.0327. The van der Waals surface area contributed by atoms with E-state index < -0.39 is 11.2 Å². The quantitative estimate of drug-likeness (QED) is 0.518. The van der Waals surface area contributed by atoms with E-state index in [0.717, 1.165) is 0 Å². The van der Waals surface area contributed by atoms with E-state index in [1.807, 2.05) is 0 Å². The van der Waals surface area contributed by atoms with Gasteiger partial charge in [0, 0.05) is 19.7 Å². The Morgan fingerprint density at radius 2 is 1.93 bits per heavy atom. The molecule has 0 unspecified atom stereocenters. The predicted octanol–water partition coefficient (Wildman–Crippen LogP) is 0.706. The van der Waals surface area contributed by atoms with Gasteiger partial charge in [0.15, 0.2) is 33.6 Å². The highest BCUT2D eigenvalue weighted by Crippen LogP contribution is 2.31. The average Bonchev–Trinajstić information content (AvgIpc) is 3.01. The zero-order valence-electron chi connectivity index (χ0n) is 14.6. The minimum atomic E-state index is -0.533. The SMILES string of the molecule is Cn1c(SCC(=O)c2ccc3c(c2)OCCO3)nc2c1c(=O)[nH]c(=O)n2C. The zero-order chi connectivity index (χ0) is 19.1. The fourth-order valence-corrected chi connectivity index (χ4v) is 3.71. The van der Waals surface area contributed by atoms with E-state index in [4.69, 9.17) is 9.47 Å². The number of nitrogens with zero attached hydrogens (tertiary/aromatic N) is 3. The third-order valence-electron chi connectivity index (χ3n) is 4.29. The number of ether oxygens (including phenoxy) is 2. The summed E-state index contributed by atoms with van der Waals surface area (Å²) in [7, 11) is 3.20. The van der Waals surface area contributed by atoms with Gasteiger partial charge in [0.05, 0.1) is 5.75 Å². The van der Waals surface area contributed by atoms with Crippen molar-refractivity contribution >= 4 is 28.7 Å². The molecule has 140 valence electrons. The van der Waals surface area contributed by atoms with Gasteiger partial charge in [-0.3, -0.25) is 19.1 Å². The van der Waals surface area contributed by atoms with Crippen LogP contribution < -0.4 is 20.7 Å². The van der Waals surface area contributed by atoms with Gasteiger partial charge in [0.25, 0.3) is 5.56 Å². The van der Waals surface area contributed by atoms with Crippen LogP contribution in [0.4, 0.5) is 0 Å². The lowest BCUT2D eigenvalue weighted by atomic mass is 10.1. The smallest absolute Gasteiger partial charge is 0.329 e. The monoisotopic (exact) mass is 388 g/mol. The number of benzene rings is 1. The Balaban J connectivity index is 1.58. The molecule has 1 aliphatic heterocycles. The lowest BCUT2D eigenvalue weighted by Crippen LogP contribution is -2.29. The number of Topliss-reactive ketones (excluding diaryl/α,β-unsaturated/α-hetero) is 1. The normalized spacial score (nSPS) is 13.1. The van der Waals surface area contributed by atoms with E-state index in [1.165, 1.54) is 23.4 Å². The van der Waals surface area contributed by atoms with Crippen LogP contribution in [0.1, 0.15) is 10.4 Å². The summed E-state index contributed by atoms with van der Waals surface area (Å²) >= 11 is 1.20. The maximum atomic E-state index is 12.5. The number of carbonyl (C=O) groups is 1. The van der Waals surface area contributed by atoms with E-state index in [2.05, 4.69) is 9.97 Å². The summed E-state index contributed by atoms with van der Waals surface area (Å²) in [6.45, 7) is 0.941. The average molecular weight is 388 g/mol. The van der Waals surface area contributed by atoms with Crippen molar-refractivity contribution in [1.29, 1.82) is 0 Å². The molecule has 10 heteroatoms. The Labute approximate surface area is 156 Å².